The molecule has 0 saturated carbocycles. The molecule has 0 aliphatic heterocycles. The smallest absolute Gasteiger partial charge is 0.0947 e. The molecule has 2 N–H and O–H groups in total. The molecule has 0 bridgehead atoms. The fraction of sp³-hybridized carbons (Fsp3) is 0.733. The quantitative estimate of drug-likeness (QED) is 0.734. The van der Waals surface area contributed by atoms with Crippen molar-refractivity contribution >= 4 is 0 Å². The minimum Gasteiger partial charge on any atom is -0.472 e. The largest absolute Gasteiger partial charge is 0.472 e. The van der Waals surface area contributed by atoms with E-state index in [2.05, 4.69) is 25.8 Å². The molecule has 0 aliphatic carbocycles. The van der Waals surface area contributed by atoms with Crippen molar-refractivity contribution in [1.29, 1.82) is 0 Å². The van der Waals surface area contributed by atoms with Crippen LogP contribution in [0, 0.1) is 11.8 Å². The molecule has 1 unspecified atom stereocenters. The molecule has 0 amide bonds. The van der Waals surface area contributed by atoms with Crippen LogP contribution in [0.3, 0.4) is 0 Å². The fourth-order valence-electron chi connectivity index (χ4n) is 2.42. The highest BCUT2D eigenvalue weighted by Crippen LogP contribution is 2.20. The monoisotopic (exact) mass is 252 g/mol. The molecule has 104 valence electrons. The van der Waals surface area contributed by atoms with Gasteiger partial charge in [0.2, 0.25) is 0 Å². The van der Waals surface area contributed by atoms with Crippen LogP contribution in [0.25, 0.3) is 0 Å². The summed E-state index contributed by atoms with van der Waals surface area (Å²) in [6.07, 6.45) is 7.24. The van der Waals surface area contributed by atoms with Crippen LogP contribution >= 0.6 is 0 Å². The van der Waals surface area contributed by atoms with E-state index in [4.69, 9.17) is 10.2 Å². The Morgan fingerprint density at radius 3 is 2.67 bits per heavy atom. The molecule has 1 rings (SSSR count). The Balaban J connectivity index is 2.19. The van der Waals surface area contributed by atoms with Crippen molar-refractivity contribution in [2.75, 3.05) is 20.1 Å². The van der Waals surface area contributed by atoms with Crippen molar-refractivity contribution < 1.29 is 4.42 Å². The molecule has 0 aliphatic rings. The highest BCUT2D eigenvalue weighted by Gasteiger charge is 2.12. The van der Waals surface area contributed by atoms with Crippen molar-refractivity contribution in [3.63, 3.8) is 0 Å². The maximum absolute atomic E-state index is 5.67. The summed E-state index contributed by atoms with van der Waals surface area (Å²) in [4.78, 5) is 2.35. The molecule has 3 nitrogen and oxygen atoms in total. The van der Waals surface area contributed by atoms with Gasteiger partial charge in [-0.1, -0.05) is 13.8 Å². The SMILES string of the molecule is CC(C)C(CCN)CCCN(C)Cc1ccoc1. The molecule has 1 heterocycles. The third-order valence-corrected chi connectivity index (χ3v) is 3.63. The molecule has 0 spiro atoms. The summed E-state index contributed by atoms with van der Waals surface area (Å²) >= 11 is 0. The van der Waals surface area contributed by atoms with Crippen LogP contribution in [0.1, 0.15) is 38.7 Å². The van der Waals surface area contributed by atoms with Crippen LogP contribution in [0.15, 0.2) is 23.0 Å². The second-order valence-corrected chi connectivity index (χ2v) is 5.59. The summed E-state index contributed by atoms with van der Waals surface area (Å²) < 4.78 is 5.08. The first-order valence-electron chi connectivity index (χ1n) is 7.03. The lowest BCUT2D eigenvalue weighted by Crippen LogP contribution is -2.21. The molecule has 1 aromatic heterocycles. The summed E-state index contributed by atoms with van der Waals surface area (Å²) in [6, 6.07) is 2.03. The topological polar surface area (TPSA) is 42.4 Å². The Hall–Kier alpha value is -0.800. The van der Waals surface area contributed by atoms with Crippen LogP contribution in [-0.4, -0.2) is 25.0 Å². The Morgan fingerprint density at radius 1 is 1.33 bits per heavy atom. The molecular weight excluding hydrogens is 224 g/mol. The normalized spacial score (nSPS) is 13.4. The highest BCUT2D eigenvalue weighted by atomic mass is 16.3. The predicted octanol–water partition coefficient (Wildman–Crippen LogP) is 3.11. The van der Waals surface area contributed by atoms with E-state index in [9.17, 15) is 0 Å². The predicted molar refractivity (Wildman–Crippen MR) is 76.3 cm³/mol. The second-order valence-electron chi connectivity index (χ2n) is 5.59. The molecule has 0 fully saturated rings. The van der Waals surface area contributed by atoms with Gasteiger partial charge in [-0.25, -0.2) is 0 Å². The van der Waals surface area contributed by atoms with E-state index in [1.54, 1.807) is 6.26 Å². The minimum absolute atomic E-state index is 0.743. The summed E-state index contributed by atoms with van der Waals surface area (Å²) in [7, 11) is 2.17. The van der Waals surface area contributed by atoms with Gasteiger partial charge in [0.15, 0.2) is 0 Å². The Bertz CT molecular complexity index is 295. The molecule has 3 heteroatoms. The average molecular weight is 252 g/mol. The van der Waals surface area contributed by atoms with Crippen molar-refractivity contribution in [3.8, 4) is 0 Å². The van der Waals surface area contributed by atoms with Crippen molar-refractivity contribution in [2.45, 2.75) is 39.7 Å². The number of hydrogen-bond donors (Lipinski definition) is 1. The van der Waals surface area contributed by atoms with Crippen LogP contribution in [0.4, 0.5) is 0 Å². The lowest BCUT2D eigenvalue weighted by molar-refractivity contribution is 0.277. The van der Waals surface area contributed by atoms with Gasteiger partial charge in [0.25, 0.3) is 0 Å². The third kappa shape index (κ3) is 5.69. The van der Waals surface area contributed by atoms with Crippen molar-refractivity contribution in [1.82, 2.24) is 4.90 Å². The third-order valence-electron chi connectivity index (χ3n) is 3.63. The number of rotatable bonds is 9. The number of furan rings is 1. The van der Waals surface area contributed by atoms with Gasteiger partial charge in [0, 0.05) is 12.1 Å². The number of nitrogens with zero attached hydrogens (tertiary/aromatic N) is 1. The summed E-state index contributed by atoms with van der Waals surface area (Å²) in [5, 5.41) is 0. The van der Waals surface area contributed by atoms with Gasteiger partial charge in [-0.2, -0.15) is 0 Å². The van der Waals surface area contributed by atoms with E-state index in [0.29, 0.717) is 0 Å². The van der Waals surface area contributed by atoms with Gasteiger partial charge < -0.3 is 15.1 Å². The maximum Gasteiger partial charge on any atom is 0.0947 e. The first-order valence-corrected chi connectivity index (χ1v) is 7.03. The molecule has 18 heavy (non-hydrogen) atoms. The fourth-order valence-corrected chi connectivity index (χ4v) is 2.42. The van der Waals surface area contributed by atoms with Crippen LogP contribution in [0.5, 0.6) is 0 Å². The van der Waals surface area contributed by atoms with E-state index in [0.717, 1.165) is 37.9 Å². The van der Waals surface area contributed by atoms with Gasteiger partial charge in [0.1, 0.15) is 0 Å². The average Bonchev–Trinajstić information content (AvgIpc) is 2.80. The van der Waals surface area contributed by atoms with Gasteiger partial charge in [0.05, 0.1) is 12.5 Å². The van der Waals surface area contributed by atoms with Crippen molar-refractivity contribution in [2.24, 2.45) is 17.6 Å². The zero-order chi connectivity index (χ0) is 13.4. The zero-order valence-electron chi connectivity index (χ0n) is 12.1. The lowest BCUT2D eigenvalue weighted by atomic mass is 9.88. The first-order chi connectivity index (χ1) is 8.63. The minimum atomic E-state index is 0.743. The van der Waals surface area contributed by atoms with Gasteiger partial charge in [-0.05, 0) is 57.3 Å². The van der Waals surface area contributed by atoms with Crippen LogP contribution < -0.4 is 5.73 Å². The lowest BCUT2D eigenvalue weighted by Gasteiger charge is -2.22. The Kier molecular flexibility index (Phi) is 7.06. The highest BCUT2D eigenvalue weighted by molar-refractivity contribution is 5.04. The Labute approximate surface area is 111 Å². The second kappa shape index (κ2) is 8.33. The molecule has 0 radical (unpaired) electrons. The molecule has 0 aromatic carbocycles. The number of hydrogen-bond acceptors (Lipinski definition) is 3. The van der Waals surface area contributed by atoms with Gasteiger partial charge in [-0.3, -0.25) is 0 Å². The molecule has 1 aromatic rings. The molecule has 1 atom stereocenters. The molecule has 0 saturated heterocycles. The number of nitrogens with two attached hydrogens (primary N) is 1. The first kappa shape index (κ1) is 15.3. The maximum atomic E-state index is 5.67. The van der Waals surface area contributed by atoms with Crippen molar-refractivity contribution in [3.05, 3.63) is 24.2 Å². The van der Waals surface area contributed by atoms with E-state index >= 15 is 0 Å². The van der Waals surface area contributed by atoms with Gasteiger partial charge >= 0.3 is 0 Å². The van der Waals surface area contributed by atoms with Gasteiger partial charge in [-0.15, -0.1) is 0 Å². The van der Waals surface area contributed by atoms with E-state index in [1.807, 2.05) is 12.3 Å². The zero-order valence-corrected chi connectivity index (χ0v) is 12.1. The Morgan fingerprint density at radius 2 is 2.11 bits per heavy atom. The summed E-state index contributed by atoms with van der Waals surface area (Å²) in [5.74, 6) is 1.52. The summed E-state index contributed by atoms with van der Waals surface area (Å²) in [6.45, 7) is 7.53. The van der Waals surface area contributed by atoms with E-state index < -0.39 is 0 Å². The standard InChI is InChI=1S/C15H28N2O/c1-13(2)15(6-8-16)5-4-9-17(3)11-14-7-10-18-12-14/h7,10,12-13,15H,4-6,8-9,11,16H2,1-3H3. The van der Waals surface area contributed by atoms with E-state index in [-0.39, 0.29) is 0 Å². The molecular formula is C15H28N2O. The summed E-state index contributed by atoms with van der Waals surface area (Å²) in [5.41, 5.74) is 6.92. The van der Waals surface area contributed by atoms with Crippen LogP contribution in [-0.2, 0) is 6.54 Å². The van der Waals surface area contributed by atoms with Crippen LogP contribution in [0.2, 0.25) is 0 Å². The van der Waals surface area contributed by atoms with E-state index in [1.165, 1.54) is 18.4 Å².